The van der Waals surface area contributed by atoms with Gasteiger partial charge in [-0.1, -0.05) is 0 Å². The summed E-state index contributed by atoms with van der Waals surface area (Å²) in [6, 6.07) is 2.02. The van der Waals surface area contributed by atoms with E-state index in [1.807, 2.05) is 11.4 Å². The van der Waals surface area contributed by atoms with E-state index >= 15 is 0 Å². The van der Waals surface area contributed by atoms with Crippen molar-refractivity contribution in [2.45, 2.75) is 19.0 Å². The first-order chi connectivity index (χ1) is 8.59. The highest BCUT2D eigenvalue weighted by molar-refractivity contribution is 7.91. The maximum absolute atomic E-state index is 11.4. The molecule has 2 rings (SSSR count). The van der Waals surface area contributed by atoms with E-state index in [9.17, 15) is 8.42 Å². The Labute approximate surface area is 111 Å². The Balaban J connectivity index is 1.83. The average molecular weight is 287 g/mol. The molecule has 1 aliphatic heterocycles. The van der Waals surface area contributed by atoms with Gasteiger partial charge in [-0.05, 0) is 28.8 Å². The Bertz CT molecular complexity index is 508. The minimum Gasteiger partial charge on any atom is -0.353 e. The summed E-state index contributed by atoms with van der Waals surface area (Å²) in [4.78, 5) is 4.10. The summed E-state index contributed by atoms with van der Waals surface area (Å²) in [5.74, 6) is 1.13. The average Bonchev–Trinajstić information content (AvgIpc) is 2.94. The molecule has 5 nitrogen and oxygen atoms in total. The molecule has 0 aromatic carbocycles. The molecule has 1 atom stereocenters. The molecule has 0 saturated carbocycles. The Morgan fingerprint density at radius 1 is 1.61 bits per heavy atom. The van der Waals surface area contributed by atoms with E-state index < -0.39 is 9.84 Å². The molecule has 0 radical (unpaired) electrons. The minimum absolute atomic E-state index is 0.0244. The van der Waals surface area contributed by atoms with Gasteiger partial charge in [0.1, 0.15) is 0 Å². The molecular weight excluding hydrogens is 270 g/mol. The van der Waals surface area contributed by atoms with Gasteiger partial charge in [0.25, 0.3) is 0 Å². The second-order valence-corrected chi connectivity index (χ2v) is 7.31. The van der Waals surface area contributed by atoms with Crippen molar-refractivity contribution in [2.24, 2.45) is 4.99 Å². The highest BCUT2D eigenvalue weighted by Gasteiger charge is 2.28. The smallest absolute Gasteiger partial charge is 0.191 e. The molecule has 1 aromatic heterocycles. The monoisotopic (exact) mass is 287 g/mol. The summed E-state index contributed by atoms with van der Waals surface area (Å²) < 4.78 is 22.7. The van der Waals surface area contributed by atoms with Gasteiger partial charge in [-0.3, -0.25) is 4.99 Å². The van der Waals surface area contributed by atoms with E-state index in [2.05, 4.69) is 21.0 Å². The topological polar surface area (TPSA) is 70.6 Å². The predicted molar refractivity (Wildman–Crippen MR) is 74.7 cm³/mol. The number of nitrogens with zero attached hydrogens (tertiary/aromatic N) is 1. The van der Waals surface area contributed by atoms with Crippen LogP contribution in [-0.4, -0.2) is 39.0 Å². The Morgan fingerprint density at radius 3 is 3.00 bits per heavy atom. The van der Waals surface area contributed by atoms with E-state index in [0.717, 1.165) is 0 Å². The third kappa shape index (κ3) is 3.71. The van der Waals surface area contributed by atoms with Gasteiger partial charge < -0.3 is 10.6 Å². The first kappa shape index (κ1) is 13.4. The number of hydrogen-bond donors (Lipinski definition) is 2. The second-order valence-electron chi connectivity index (χ2n) is 4.30. The van der Waals surface area contributed by atoms with Crippen LogP contribution in [0.5, 0.6) is 0 Å². The van der Waals surface area contributed by atoms with Crippen molar-refractivity contribution in [3.63, 3.8) is 0 Å². The van der Waals surface area contributed by atoms with Gasteiger partial charge >= 0.3 is 0 Å². The molecule has 1 aliphatic rings. The molecule has 0 amide bonds. The van der Waals surface area contributed by atoms with Gasteiger partial charge in [0.05, 0.1) is 11.5 Å². The van der Waals surface area contributed by atoms with Crippen molar-refractivity contribution in [1.82, 2.24) is 10.6 Å². The van der Waals surface area contributed by atoms with Crippen LogP contribution < -0.4 is 10.6 Å². The lowest BCUT2D eigenvalue weighted by Gasteiger charge is -2.15. The van der Waals surface area contributed by atoms with Crippen molar-refractivity contribution in [2.75, 3.05) is 18.6 Å². The van der Waals surface area contributed by atoms with Crippen LogP contribution in [0.4, 0.5) is 0 Å². The molecular formula is C11H17N3O2S2. The fourth-order valence-corrected chi connectivity index (χ4v) is 4.22. The van der Waals surface area contributed by atoms with Crippen molar-refractivity contribution < 1.29 is 8.42 Å². The molecule has 2 heterocycles. The number of hydrogen-bond acceptors (Lipinski definition) is 4. The van der Waals surface area contributed by atoms with Crippen LogP contribution in [0.3, 0.4) is 0 Å². The molecule has 1 fully saturated rings. The van der Waals surface area contributed by atoms with Crippen molar-refractivity contribution in [1.29, 1.82) is 0 Å². The Morgan fingerprint density at radius 2 is 2.44 bits per heavy atom. The van der Waals surface area contributed by atoms with Crippen LogP contribution in [-0.2, 0) is 16.4 Å². The van der Waals surface area contributed by atoms with E-state index in [4.69, 9.17) is 0 Å². The third-order valence-corrected chi connectivity index (χ3v) is 5.34. The number of guanidine groups is 1. The lowest BCUT2D eigenvalue weighted by Crippen LogP contribution is -2.43. The number of nitrogens with one attached hydrogen (secondary N) is 2. The highest BCUT2D eigenvalue weighted by Crippen LogP contribution is 2.11. The highest BCUT2D eigenvalue weighted by atomic mass is 32.2. The molecule has 1 unspecified atom stereocenters. The Kier molecular flexibility index (Phi) is 4.23. The molecule has 100 valence electrons. The zero-order valence-corrected chi connectivity index (χ0v) is 11.9. The predicted octanol–water partition coefficient (Wildman–Crippen LogP) is 0.600. The molecule has 1 saturated heterocycles. The van der Waals surface area contributed by atoms with Crippen molar-refractivity contribution in [3.05, 3.63) is 22.4 Å². The van der Waals surface area contributed by atoms with Gasteiger partial charge in [0.15, 0.2) is 15.8 Å². The summed E-state index contributed by atoms with van der Waals surface area (Å²) in [5, 5.41) is 10.4. The lowest BCUT2D eigenvalue weighted by molar-refractivity contribution is 0.599. The Hall–Kier alpha value is -1.08. The van der Waals surface area contributed by atoms with Crippen LogP contribution in [0.2, 0.25) is 0 Å². The first-order valence-corrected chi connectivity index (χ1v) is 8.54. The molecule has 1 aromatic rings. The fourth-order valence-electron chi connectivity index (χ4n) is 1.88. The summed E-state index contributed by atoms with van der Waals surface area (Å²) in [7, 11) is -1.16. The molecule has 0 spiro atoms. The van der Waals surface area contributed by atoms with Crippen LogP contribution >= 0.6 is 11.3 Å². The zero-order valence-electron chi connectivity index (χ0n) is 10.2. The molecule has 7 heteroatoms. The van der Waals surface area contributed by atoms with E-state index in [0.29, 0.717) is 18.9 Å². The van der Waals surface area contributed by atoms with Gasteiger partial charge in [-0.15, -0.1) is 0 Å². The SMILES string of the molecule is CN=C(NCc1ccsc1)NC1CCS(=O)(=O)C1. The van der Waals surface area contributed by atoms with Crippen LogP contribution in [0.25, 0.3) is 0 Å². The van der Waals surface area contributed by atoms with E-state index in [1.165, 1.54) is 5.56 Å². The summed E-state index contributed by atoms with van der Waals surface area (Å²) in [6.07, 6.45) is 0.654. The lowest BCUT2D eigenvalue weighted by atomic mass is 10.3. The number of thiophene rings is 1. The zero-order chi connectivity index (χ0) is 13.0. The van der Waals surface area contributed by atoms with Crippen LogP contribution in [0.1, 0.15) is 12.0 Å². The van der Waals surface area contributed by atoms with Gasteiger partial charge in [-0.2, -0.15) is 11.3 Å². The fraction of sp³-hybridized carbons (Fsp3) is 0.545. The summed E-state index contributed by atoms with van der Waals surface area (Å²) in [5.41, 5.74) is 1.20. The maximum atomic E-state index is 11.4. The maximum Gasteiger partial charge on any atom is 0.191 e. The standard InChI is InChI=1S/C11H17N3O2S2/c1-12-11(13-6-9-2-4-17-7-9)14-10-3-5-18(15,16)8-10/h2,4,7,10H,3,5-6,8H2,1H3,(H2,12,13,14). The van der Waals surface area contributed by atoms with E-state index in [1.54, 1.807) is 18.4 Å². The van der Waals surface area contributed by atoms with Crippen molar-refractivity contribution >= 4 is 27.1 Å². The summed E-state index contributed by atoms with van der Waals surface area (Å²) >= 11 is 1.65. The van der Waals surface area contributed by atoms with Crippen LogP contribution in [0.15, 0.2) is 21.8 Å². The van der Waals surface area contributed by atoms with Crippen LogP contribution in [0, 0.1) is 0 Å². The third-order valence-electron chi connectivity index (χ3n) is 2.84. The summed E-state index contributed by atoms with van der Waals surface area (Å²) in [6.45, 7) is 0.697. The van der Waals surface area contributed by atoms with Gasteiger partial charge in [0.2, 0.25) is 0 Å². The minimum atomic E-state index is -2.85. The largest absolute Gasteiger partial charge is 0.353 e. The quantitative estimate of drug-likeness (QED) is 0.631. The molecule has 0 bridgehead atoms. The number of aliphatic imine (C=N–C) groups is 1. The van der Waals surface area contributed by atoms with Crippen molar-refractivity contribution in [3.8, 4) is 0 Å². The normalized spacial score (nSPS) is 22.9. The molecule has 2 N–H and O–H groups in total. The first-order valence-electron chi connectivity index (χ1n) is 5.78. The molecule has 18 heavy (non-hydrogen) atoms. The van der Waals surface area contributed by atoms with Gasteiger partial charge in [0, 0.05) is 19.6 Å². The number of sulfone groups is 1. The van der Waals surface area contributed by atoms with E-state index in [-0.39, 0.29) is 17.5 Å². The second kappa shape index (κ2) is 5.71. The molecule has 0 aliphatic carbocycles. The number of rotatable bonds is 3. The van der Waals surface area contributed by atoms with Gasteiger partial charge in [-0.25, -0.2) is 8.42 Å².